The lowest BCUT2D eigenvalue weighted by atomic mass is 10.1. The van der Waals surface area contributed by atoms with Crippen LogP contribution >= 0.6 is 11.8 Å². The number of carbonyl (C=O) groups excluding carboxylic acids is 1. The zero-order valence-corrected chi connectivity index (χ0v) is 13.2. The number of anilines is 1. The Morgan fingerprint density at radius 2 is 2.14 bits per heavy atom. The highest BCUT2D eigenvalue weighted by Gasteiger charge is 2.28. The molecular weight excluding hydrogens is 317 g/mol. The summed E-state index contributed by atoms with van der Waals surface area (Å²) in [5.41, 5.74) is 6.71. The van der Waals surface area contributed by atoms with E-state index in [1.807, 2.05) is 6.26 Å². The number of alkyl halides is 3. The minimum Gasteiger partial charge on any atom is -0.484 e. The van der Waals surface area contributed by atoms with E-state index in [-0.39, 0.29) is 11.7 Å². The molecular formula is C14H19F3N2O2S. The summed E-state index contributed by atoms with van der Waals surface area (Å²) in [4.78, 5) is 11.8. The molecule has 1 aromatic rings. The first-order valence-electron chi connectivity index (χ1n) is 6.58. The molecule has 1 aromatic carbocycles. The van der Waals surface area contributed by atoms with Crippen LogP contribution in [0.15, 0.2) is 18.2 Å². The SMILES string of the molecule is CSCC[C@H](N)C(=O)Nc1ccc(OCC(F)(F)F)c(C)c1. The normalized spacial score (nSPS) is 12.8. The summed E-state index contributed by atoms with van der Waals surface area (Å²) in [6, 6.07) is 3.81. The lowest BCUT2D eigenvalue weighted by Gasteiger charge is -2.14. The summed E-state index contributed by atoms with van der Waals surface area (Å²) in [5, 5.41) is 2.64. The number of halogens is 3. The molecule has 1 rings (SSSR count). The third-order valence-corrected chi connectivity index (χ3v) is 3.45. The van der Waals surface area contributed by atoms with E-state index in [0.29, 0.717) is 17.7 Å². The Bertz CT molecular complexity index is 509. The van der Waals surface area contributed by atoms with E-state index in [1.165, 1.54) is 12.1 Å². The molecule has 0 bridgehead atoms. The monoisotopic (exact) mass is 336 g/mol. The average Bonchev–Trinajstić information content (AvgIpc) is 2.42. The molecule has 0 aliphatic heterocycles. The summed E-state index contributed by atoms with van der Waals surface area (Å²) in [6.45, 7) is 0.258. The van der Waals surface area contributed by atoms with E-state index >= 15 is 0 Å². The van der Waals surface area contributed by atoms with Crippen molar-refractivity contribution in [3.63, 3.8) is 0 Å². The summed E-state index contributed by atoms with van der Waals surface area (Å²) >= 11 is 1.60. The molecule has 0 aliphatic rings. The number of benzene rings is 1. The fourth-order valence-electron chi connectivity index (χ4n) is 1.66. The van der Waals surface area contributed by atoms with E-state index in [9.17, 15) is 18.0 Å². The Kier molecular flexibility index (Phi) is 7.02. The van der Waals surface area contributed by atoms with Crippen LogP contribution in [0.4, 0.5) is 18.9 Å². The van der Waals surface area contributed by atoms with Crippen LogP contribution in [0, 0.1) is 6.92 Å². The maximum atomic E-state index is 12.1. The molecule has 124 valence electrons. The first-order chi connectivity index (χ1) is 10.2. The fraction of sp³-hybridized carbons (Fsp3) is 0.500. The molecule has 0 saturated carbocycles. The number of hydrogen-bond donors (Lipinski definition) is 2. The van der Waals surface area contributed by atoms with E-state index in [4.69, 9.17) is 10.5 Å². The molecule has 0 spiro atoms. The number of hydrogen-bond acceptors (Lipinski definition) is 4. The third-order valence-electron chi connectivity index (χ3n) is 2.80. The van der Waals surface area contributed by atoms with Gasteiger partial charge in [-0.3, -0.25) is 4.79 Å². The van der Waals surface area contributed by atoms with Crippen molar-refractivity contribution in [1.29, 1.82) is 0 Å². The molecule has 8 heteroatoms. The molecule has 0 radical (unpaired) electrons. The Hall–Kier alpha value is -1.41. The van der Waals surface area contributed by atoms with Crippen molar-refractivity contribution in [3.8, 4) is 5.75 Å². The molecule has 0 aliphatic carbocycles. The van der Waals surface area contributed by atoms with Gasteiger partial charge in [-0.25, -0.2) is 0 Å². The van der Waals surface area contributed by atoms with E-state index in [1.54, 1.807) is 24.8 Å². The van der Waals surface area contributed by atoms with Gasteiger partial charge in [-0.2, -0.15) is 24.9 Å². The molecule has 0 fully saturated rings. The summed E-state index contributed by atoms with van der Waals surface area (Å²) < 4.78 is 41.0. The second kappa shape index (κ2) is 8.28. The minimum atomic E-state index is -4.39. The smallest absolute Gasteiger partial charge is 0.422 e. The molecule has 0 unspecified atom stereocenters. The predicted molar refractivity (Wildman–Crippen MR) is 82.3 cm³/mol. The molecule has 1 amide bonds. The number of amides is 1. The number of thioether (sulfide) groups is 1. The molecule has 0 heterocycles. The van der Waals surface area contributed by atoms with Crippen molar-refractivity contribution < 1.29 is 22.7 Å². The van der Waals surface area contributed by atoms with E-state index in [2.05, 4.69) is 5.32 Å². The van der Waals surface area contributed by atoms with Gasteiger partial charge in [-0.1, -0.05) is 0 Å². The van der Waals surface area contributed by atoms with Gasteiger partial charge < -0.3 is 15.8 Å². The second-order valence-corrected chi connectivity index (χ2v) is 5.75. The van der Waals surface area contributed by atoms with Gasteiger partial charge in [0.1, 0.15) is 5.75 Å². The number of carbonyl (C=O) groups is 1. The van der Waals surface area contributed by atoms with Gasteiger partial charge in [0, 0.05) is 5.69 Å². The van der Waals surface area contributed by atoms with Gasteiger partial charge in [0.25, 0.3) is 0 Å². The molecule has 4 nitrogen and oxygen atoms in total. The minimum absolute atomic E-state index is 0.127. The maximum Gasteiger partial charge on any atom is 0.422 e. The van der Waals surface area contributed by atoms with Crippen LogP contribution in [0.5, 0.6) is 5.75 Å². The van der Waals surface area contributed by atoms with Gasteiger partial charge in [0.15, 0.2) is 6.61 Å². The molecule has 22 heavy (non-hydrogen) atoms. The van der Waals surface area contributed by atoms with E-state index in [0.717, 1.165) is 5.75 Å². The molecule has 0 saturated heterocycles. The van der Waals surface area contributed by atoms with Crippen molar-refractivity contribution in [3.05, 3.63) is 23.8 Å². The van der Waals surface area contributed by atoms with Gasteiger partial charge in [-0.15, -0.1) is 0 Å². The Labute approximate surface area is 131 Å². The van der Waals surface area contributed by atoms with Gasteiger partial charge in [0.05, 0.1) is 6.04 Å². The van der Waals surface area contributed by atoms with E-state index < -0.39 is 18.8 Å². The number of aryl methyl sites for hydroxylation is 1. The molecule has 0 aromatic heterocycles. The zero-order valence-electron chi connectivity index (χ0n) is 12.4. The highest BCUT2D eigenvalue weighted by molar-refractivity contribution is 7.98. The van der Waals surface area contributed by atoms with Crippen molar-refractivity contribution in [2.75, 3.05) is 23.9 Å². The Morgan fingerprint density at radius 1 is 1.45 bits per heavy atom. The predicted octanol–water partition coefficient (Wildman–Crippen LogP) is 2.96. The third kappa shape index (κ3) is 6.57. The highest BCUT2D eigenvalue weighted by Crippen LogP contribution is 2.24. The average molecular weight is 336 g/mol. The standard InChI is InChI=1S/C14H19F3N2O2S/c1-9-7-10(19-13(20)11(18)5-6-22-2)3-4-12(9)21-8-14(15,16)17/h3-4,7,11H,5-6,8,18H2,1-2H3,(H,19,20)/t11-/m0/s1. The van der Waals surface area contributed by atoms with Crippen LogP contribution in [0.3, 0.4) is 0 Å². The first kappa shape index (κ1) is 18.6. The van der Waals surface area contributed by atoms with Gasteiger partial charge in [-0.05, 0) is 49.1 Å². The van der Waals surface area contributed by atoms with Crippen molar-refractivity contribution >= 4 is 23.4 Å². The summed E-state index contributed by atoms with van der Waals surface area (Å²) in [5.74, 6) is 0.581. The topological polar surface area (TPSA) is 64.4 Å². The van der Waals surface area contributed by atoms with Gasteiger partial charge in [0.2, 0.25) is 5.91 Å². The van der Waals surface area contributed by atoms with Crippen LogP contribution < -0.4 is 15.8 Å². The zero-order chi connectivity index (χ0) is 16.8. The van der Waals surface area contributed by atoms with Crippen LogP contribution in [0.2, 0.25) is 0 Å². The second-order valence-electron chi connectivity index (χ2n) is 4.76. The lowest BCUT2D eigenvalue weighted by molar-refractivity contribution is -0.153. The van der Waals surface area contributed by atoms with Gasteiger partial charge >= 0.3 is 6.18 Å². The van der Waals surface area contributed by atoms with Crippen molar-refractivity contribution in [2.24, 2.45) is 5.73 Å². The Balaban J connectivity index is 2.63. The van der Waals surface area contributed by atoms with Crippen LogP contribution in [-0.2, 0) is 4.79 Å². The summed E-state index contributed by atoms with van der Waals surface area (Å²) in [6.07, 6.45) is -1.91. The summed E-state index contributed by atoms with van der Waals surface area (Å²) in [7, 11) is 0. The first-order valence-corrected chi connectivity index (χ1v) is 7.98. The Morgan fingerprint density at radius 3 is 2.68 bits per heavy atom. The largest absolute Gasteiger partial charge is 0.484 e. The van der Waals surface area contributed by atoms with Crippen molar-refractivity contribution in [2.45, 2.75) is 25.6 Å². The van der Waals surface area contributed by atoms with Crippen molar-refractivity contribution in [1.82, 2.24) is 0 Å². The van der Waals surface area contributed by atoms with Crippen LogP contribution in [-0.4, -0.2) is 36.7 Å². The maximum absolute atomic E-state index is 12.1. The quantitative estimate of drug-likeness (QED) is 0.803. The number of ether oxygens (including phenoxy) is 1. The highest BCUT2D eigenvalue weighted by atomic mass is 32.2. The number of nitrogens with two attached hydrogens (primary N) is 1. The molecule has 3 N–H and O–H groups in total. The number of nitrogens with one attached hydrogen (secondary N) is 1. The number of rotatable bonds is 7. The molecule has 1 atom stereocenters. The fourth-order valence-corrected chi connectivity index (χ4v) is 2.15. The lowest BCUT2D eigenvalue weighted by Crippen LogP contribution is -2.36. The van der Waals surface area contributed by atoms with Crippen LogP contribution in [0.1, 0.15) is 12.0 Å². The van der Waals surface area contributed by atoms with Crippen LogP contribution in [0.25, 0.3) is 0 Å².